The van der Waals surface area contributed by atoms with E-state index in [1.165, 1.54) is 4.90 Å². The highest BCUT2D eigenvalue weighted by Gasteiger charge is 2.38. The number of anilines is 1. The van der Waals surface area contributed by atoms with Crippen LogP contribution in [0.4, 0.5) is 10.5 Å². The van der Waals surface area contributed by atoms with Crippen molar-refractivity contribution in [2.75, 3.05) is 4.90 Å². The maximum absolute atomic E-state index is 11.7. The highest BCUT2D eigenvalue weighted by molar-refractivity contribution is 6.14. The summed E-state index contributed by atoms with van der Waals surface area (Å²) in [6, 6.07) is 8.58. The van der Waals surface area contributed by atoms with E-state index in [0.29, 0.717) is 6.42 Å². The van der Waals surface area contributed by atoms with Crippen LogP contribution in [0.1, 0.15) is 19.8 Å². The molecule has 1 heterocycles. The summed E-state index contributed by atoms with van der Waals surface area (Å²) in [5, 5.41) is 2.35. The van der Waals surface area contributed by atoms with Gasteiger partial charge in [0.25, 0.3) is 5.91 Å². The number of hydrogen-bond acceptors (Lipinski definition) is 2. The zero-order valence-corrected chi connectivity index (χ0v) is 9.14. The number of benzene rings is 1. The zero-order valence-electron chi connectivity index (χ0n) is 9.14. The quantitative estimate of drug-likeness (QED) is 0.788. The van der Waals surface area contributed by atoms with Gasteiger partial charge in [0.15, 0.2) is 0 Å². The van der Waals surface area contributed by atoms with Crippen molar-refractivity contribution in [1.82, 2.24) is 5.32 Å². The molecule has 3 amide bonds. The summed E-state index contributed by atoms with van der Waals surface area (Å²) in [4.78, 5) is 24.8. The van der Waals surface area contributed by atoms with E-state index in [1.54, 1.807) is 0 Å². The number of urea groups is 1. The minimum absolute atomic E-state index is 0.198. The SMILES string of the molecule is CCCC1C(=O)NC(=O)N1c1ccccc1. The third-order valence-corrected chi connectivity index (χ3v) is 2.66. The van der Waals surface area contributed by atoms with Crippen LogP contribution in [0.3, 0.4) is 0 Å². The smallest absolute Gasteiger partial charge is 0.282 e. The maximum atomic E-state index is 11.7. The molecule has 0 saturated carbocycles. The summed E-state index contributed by atoms with van der Waals surface area (Å²) in [6.45, 7) is 2.00. The molecule has 1 unspecified atom stereocenters. The number of para-hydroxylation sites is 1. The fraction of sp³-hybridized carbons (Fsp3) is 0.333. The van der Waals surface area contributed by atoms with Crippen molar-refractivity contribution in [2.45, 2.75) is 25.8 Å². The van der Waals surface area contributed by atoms with Crippen LogP contribution in [-0.4, -0.2) is 18.0 Å². The van der Waals surface area contributed by atoms with E-state index in [-0.39, 0.29) is 18.0 Å². The number of amides is 3. The molecule has 0 aromatic heterocycles. The van der Waals surface area contributed by atoms with Gasteiger partial charge in [-0.25, -0.2) is 4.79 Å². The van der Waals surface area contributed by atoms with Gasteiger partial charge >= 0.3 is 6.03 Å². The highest BCUT2D eigenvalue weighted by atomic mass is 16.2. The summed E-state index contributed by atoms with van der Waals surface area (Å²) >= 11 is 0. The molecule has 4 heteroatoms. The minimum Gasteiger partial charge on any atom is -0.282 e. The maximum Gasteiger partial charge on any atom is 0.329 e. The van der Waals surface area contributed by atoms with Gasteiger partial charge in [-0.1, -0.05) is 31.5 Å². The molecule has 84 valence electrons. The summed E-state index contributed by atoms with van der Waals surface area (Å²) in [6.07, 6.45) is 1.56. The van der Waals surface area contributed by atoms with Gasteiger partial charge in [-0.15, -0.1) is 0 Å². The number of carbonyl (C=O) groups excluding carboxylic acids is 2. The number of imide groups is 1. The van der Waals surface area contributed by atoms with Crippen molar-refractivity contribution < 1.29 is 9.59 Å². The number of carbonyl (C=O) groups is 2. The summed E-state index contributed by atoms with van der Waals surface area (Å²) in [7, 11) is 0. The molecule has 4 nitrogen and oxygen atoms in total. The van der Waals surface area contributed by atoms with Gasteiger partial charge < -0.3 is 0 Å². The van der Waals surface area contributed by atoms with E-state index >= 15 is 0 Å². The lowest BCUT2D eigenvalue weighted by Crippen LogP contribution is -2.34. The van der Waals surface area contributed by atoms with Crippen LogP contribution in [0.2, 0.25) is 0 Å². The Balaban J connectivity index is 2.30. The van der Waals surface area contributed by atoms with Crippen molar-refractivity contribution in [3.63, 3.8) is 0 Å². The van der Waals surface area contributed by atoms with E-state index in [1.807, 2.05) is 37.3 Å². The first-order valence-electron chi connectivity index (χ1n) is 5.43. The first-order chi connectivity index (χ1) is 7.74. The van der Waals surface area contributed by atoms with E-state index in [9.17, 15) is 9.59 Å². The van der Waals surface area contributed by atoms with Crippen LogP contribution in [0, 0.1) is 0 Å². The fourth-order valence-electron chi connectivity index (χ4n) is 1.93. The molecule has 2 rings (SSSR count). The average molecular weight is 218 g/mol. The van der Waals surface area contributed by atoms with Gasteiger partial charge in [0.05, 0.1) is 0 Å². The lowest BCUT2D eigenvalue weighted by molar-refractivity contribution is -0.119. The largest absolute Gasteiger partial charge is 0.329 e. The molecule has 1 atom stereocenters. The van der Waals surface area contributed by atoms with Crippen LogP contribution in [-0.2, 0) is 4.79 Å². The monoisotopic (exact) mass is 218 g/mol. The van der Waals surface area contributed by atoms with Crippen molar-refractivity contribution in [2.24, 2.45) is 0 Å². The third-order valence-electron chi connectivity index (χ3n) is 2.66. The molecule has 0 aliphatic carbocycles. The molecular formula is C12H14N2O2. The van der Waals surface area contributed by atoms with E-state index in [2.05, 4.69) is 5.32 Å². The number of nitrogens with one attached hydrogen (secondary N) is 1. The Morgan fingerprint density at radius 3 is 2.56 bits per heavy atom. The van der Waals surface area contributed by atoms with Crippen molar-refractivity contribution in [3.05, 3.63) is 30.3 Å². The number of rotatable bonds is 3. The topological polar surface area (TPSA) is 49.4 Å². The van der Waals surface area contributed by atoms with Gasteiger partial charge in [-0.2, -0.15) is 0 Å². The van der Waals surface area contributed by atoms with Crippen LogP contribution in [0.5, 0.6) is 0 Å². The second kappa shape index (κ2) is 4.35. The normalized spacial score (nSPS) is 20.1. The molecule has 1 aliphatic rings. The molecule has 1 aromatic rings. The van der Waals surface area contributed by atoms with Crippen LogP contribution in [0.25, 0.3) is 0 Å². The molecule has 1 saturated heterocycles. The summed E-state index contributed by atoms with van der Waals surface area (Å²) in [5.41, 5.74) is 0.768. The van der Waals surface area contributed by atoms with Gasteiger partial charge in [-0.05, 0) is 18.6 Å². The van der Waals surface area contributed by atoms with Gasteiger partial charge in [-0.3, -0.25) is 15.0 Å². The highest BCUT2D eigenvalue weighted by Crippen LogP contribution is 2.22. The predicted molar refractivity (Wildman–Crippen MR) is 61.2 cm³/mol. The van der Waals surface area contributed by atoms with Crippen molar-refractivity contribution in [1.29, 1.82) is 0 Å². The van der Waals surface area contributed by atoms with E-state index < -0.39 is 0 Å². The Labute approximate surface area is 94.2 Å². The Bertz CT molecular complexity index is 403. The molecule has 1 fully saturated rings. The standard InChI is InChI=1S/C12H14N2O2/c1-2-6-10-11(15)13-12(16)14(10)9-7-4-3-5-8-9/h3-5,7-8,10H,2,6H2,1H3,(H,13,15,16). The molecule has 0 radical (unpaired) electrons. The summed E-state index contributed by atoms with van der Waals surface area (Å²) < 4.78 is 0. The van der Waals surface area contributed by atoms with Gasteiger partial charge in [0, 0.05) is 5.69 Å². The number of hydrogen-bond donors (Lipinski definition) is 1. The Hall–Kier alpha value is -1.84. The zero-order chi connectivity index (χ0) is 11.5. The van der Waals surface area contributed by atoms with Gasteiger partial charge in [0.2, 0.25) is 0 Å². The first-order valence-corrected chi connectivity index (χ1v) is 5.43. The Morgan fingerprint density at radius 1 is 1.25 bits per heavy atom. The second-order valence-electron chi connectivity index (χ2n) is 3.80. The average Bonchev–Trinajstić information content (AvgIpc) is 2.56. The molecular weight excluding hydrogens is 204 g/mol. The minimum atomic E-state index is -0.361. The van der Waals surface area contributed by atoms with E-state index in [4.69, 9.17) is 0 Å². The van der Waals surface area contributed by atoms with Gasteiger partial charge in [0.1, 0.15) is 6.04 Å². The lowest BCUT2D eigenvalue weighted by Gasteiger charge is -2.21. The molecule has 0 spiro atoms. The third kappa shape index (κ3) is 1.78. The lowest BCUT2D eigenvalue weighted by atomic mass is 10.1. The molecule has 1 aliphatic heterocycles. The van der Waals surface area contributed by atoms with Crippen LogP contribution < -0.4 is 10.2 Å². The number of nitrogens with zero attached hydrogens (tertiary/aromatic N) is 1. The predicted octanol–water partition coefficient (Wildman–Crippen LogP) is 1.91. The Kier molecular flexibility index (Phi) is 2.90. The van der Waals surface area contributed by atoms with Crippen LogP contribution in [0.15, 0.2) is 30.3 Å². The fourth-order valence-corrected chi connectivity index (χ4v) is 1.93. The van der Waals surface area contributed by atoms with Crippen molar-refractivity contribution >= 4 is 17.6 Å². The molecule has 1 N–H and O–H groups in total. The molecule has 16 heavy (non-hydrogen) atoms. The molecule has 1 aromatic carbocycles. The van der Waals surface area contributed by atoms with Crippen LogP contribution >= 0.6 is 0 Å². The van der Waals surface area contributed by atoms with Crippen molar-refractivity contribution in [3.8, 4) is 0 Å². The molecule has 0 bridgehead atoms. The Morgan fingerprint density at radius 2 is 1.94 bits per heavy atom. The van der Waals surface area contributed by atoms with E-state index in [0.717, 1.165) is 12.1 Å². The second-order valence-corrected chi connectivity index (χ2v) is 3.80. The summed E-state index contributed by atoms with van der Waals surface area (Å²) in [5.74, 6) is -0.198. The first kappa shape index (κ1) is 10.7.